The van der Waals surface area contributed by atoms with E-state index < -0.39 is 6.04 Å². The molecule has 1 aliphatic carbocycles. The van der Waals surface area contributed by atoms with Crippen LogP contribution in [0.15, 0.2) is 41.3 Å². The molecule has 1 N–H and O–H groups in total. The largest absolute Gasteiger partial charge is 0.469 e. The summed E-state index contributed by atoms with van der Waals surface area (Å²) in [7, 11) is 1.33. The SMILES string of the molecule is COC(=O)C[C@@H](NC(=O)c1ccoc1C1CC1)c1ccncc1. The van der Waals surface area contributed by atoms with Crippen LogP contribution in [0.2, 0.25) is 0 Å². The molecular formula is C17H18N2O4. The molecule has 1 atom stereocenters. The third kappa shape index (κ3) is 3.59. The Morgan fingerprint density at radius 2 is 2.09 bits per heavy atom. The first-order valence-corrected chi connectivity index (χ1v) is 7.54. The van der Waals surface area contributed by atoms with Gasteiger partial charge in [-0.05, 0) is 36.6 Å². The van der Waals surface area contributed by atoms with E-state index in [1.807, 2.05) is 0 Å². The minimum absolute atomic E-state index is 0.0584. The molecule has 0 spiro atoms. The Morgan fingerprint density at radius 1 is 1.35 bits per heavy atom. The number of hydrogen-bond acceptors (Lipinski definition) is 5. The molecule has 1 saturated carbocycles. The van der Waals surface area contributed by atoms with Gasteiger partial charge in [0.25, 0.3) is 5.91 Å². The first-order chi connectivity index (χ1) is 11.2. The number of nitrogens with one attached hydrogen (secondary N) is 1. The average Bonchev–Trinajstić information content (AvgIpc) is 3.31. The molecule has 1 amide bonds. The van der Waals surface area contributed by atoms with Gasteiger partial charge in [0.15, 0.2) is 0 Å². The normalized spacial score (nSPS) is 15.0. The van der Waals surface area contributed by atoms with Gasteiger partial charge in [-0.2, -0.15) is 0 Å². The Hall–Kier alpha value is -2.63. The second kappa shape index (κ2) is 6.64. The van der Waals surface area contributed by atoms with Crippen LogP contribution in [0, 0.1) is 0 Å². The quantitative estimate of drug-likeness (QED) is 0.829. The monoisotopic (exact) mass is 314 g/mol. The van der Waals surface area contributed by atoms with E-state index >= 15 is 0 Å². The molecule has 1 aliphatic rings. The van der Waals surface area contributed by atoms with E-state index in [4.69, 9.17) is 9.15 Å². The summed E-state index contributed by atoms with van der Waals surface area (Å²) in [6.07, 6.45) is 6.93. The number of ether oxygens (including phenoxy) is 1. The first-order valence-electron chi connectivity index (χ1n) is 7.54. The molecule has 2 aromatic heterocycles. The molecule has 0 unspecified atom stereocenters. The van der Waals surface area contributed by atoms with Crippen molar-refractivity contribution in [2.24, 2.45) is 0 Å². The lowest BCUT2D eigenvalue weighted by Gasteiger charge is -2.18. The summed E-state index contributed by atoms with van der Waals surface area (Å²) in [5, 5.41) is 2.90. The fourth-order valence-electron chi connectivity index (χ4n) is 2.50. The molecule has 2 aromatic rings. The highest BCUT2D eigenvalue weighted by molar-refractivity contribution is 5.96. The molecule has 6 nitrogen and oxygen atoms in total. The maximum Gasteiger partial charge on any atom is 0.307 e. The van der Waals surface area contributed by atoms with Crippen LogP contribution in [0.4, 0.5) is 0 Å². The smallest absolute Gasteiger partial charge is 0.307 e. The zero-order chi connectivity index (χ0) is 16.2. The van der Waals surface area contributed by atoms with Crippen molar-refractivity contribution >= 4 is 11.9 Å². The number of methoxy groups -OCH3 is 1. The molecular weight excluding hydrogens is 296 g/mol. The average molecular weight is 314 g/mol. The zero-order valence-electron chi connectivity index (χ0n) is 12.8. The van der Waals surface area contributed by atoms with Gasteiger partial charge in [0.1, 0.15) is 5.76 Å². The molecule has 23 heavy (non-hydrogen) atoms. The molecule has 120 valence electrons. The molecule has 0 bridgehead atoms. The lowest BCUT2D eigenvalue weighted by molar-refractivity contribution is -0.141. The number of esters is 1. The van der Waals surface area contributed by atoms with Crippen molar-refractivity contribution in [3.05, 3.63) is 53.7 Å². The van der Waals surface area contributed by atoms with Gasteiger partial charge in [0, 0.05) is 18.3 Å². The third-order valence-electron chi connectivity index (χ3n) is 3.90. The van der Waals surface area contributed by atoms with Gasteiger partial charge in [0.05, 0.1) is 31.4 Å². The number of furan rings is 1. The summed E-state index contributed by atoms with van der Waals surface area (Å²) in [6, 6.07) is 4.74. The third-order valence-corrected chi connectivity index (χ3v) is 3.90. The molecule has 0 saturated heterocycles. The fraction of sp³-hybridized carbons (Fsp3) is 0.353. The Balaban J connectivity index is 1.78. The van der Waals surface area contributed by atoms with E-state index in [1.54, 1.807) is 30.6 Å². The highest BCUT2D eigenvalue weighted by Gasteiger charge is 2.32. The van der Waals surface area contributed by atoms with Gasteiger partial charge in [0.2, 0.25) is 0 Å². The standard InChI is InChI=1S/C17H18N2O4/c1-22-15(20)10-14(11-4-7-18-8-5-11)19-17(21)13-6-9-23-16(13)12-2-3-12/h4-9,12,14H,2-3,10H2,1H3,(H,19,21)/t14-/m1/s1. The summed E-state index contributed by atoms with van der Waals surface area (Å²) in [5.41, 5.74) is 1.34. The van der Waals surface area contributed by atoms with Crippen molar-refractivity contribution in [2.45, 2.75) is 31.2 Å². The van der Waals surface area contributed by atoms with Gasteiger partial charge < -0.3 is 14.5 Å². The molecule has 1 fully saturated rings. The molecule has 3 rings (SSSR count). The second-order valence-electron chi connectivity index (χ2n) is 5.56. The maximum atomic E-state index is 12.6. The van der Waals surface area contributed by atoms with Crippen LogP contribution in [0.25, 0.3) is 0 Å². The van der Waals surface area contributed by atoms with Crippen LogP contribution in [-0.4, -0.2) is 24.0 Å². The van der Waals surface area contributed by atoms with Crippen molar-refractivity contribution in [2.75, 3.05) is 7.11 Å². The number of amides is 1. The predicted molar refractivity (Wildman–Crippen MR) is 81.8 cm³/mol. The highest BCUT2D eigenvalue weighted by Crippen LogP contribution is 2.42. The van der Waals surface area contributed by atoms with E-state index in [-0.39, 0.29) is 18.3 Å². The van der Waals surface area contributed by atoms with E-state index in [2.05, 4.69) is 10.3 Å². The predicted octanol–water partition coefficient (Wildman–Crippen LogP) is 2.59. The van der Waals surface area contributed by atoms with Crippen LogP contribution in [0.3, 0.4) is 0 Å². The Bertz CT molecular complexity index is 692. The Labute approximate surface area is 133 Å². The lowest BCUT2D eigenvalue weighted by atomic mass is 10.0. The van der Waals surface area contributed by atoms with E-state index in [1.165, 1.54) is 13.4 Å². The van der Waals surface area contributed by atoms with Crippen LogP contribution in [0.5, 0.6) is 0 Å². The lowest BCUT2D eigenvalue weighted by Crippen LogP contribution is -2.30. The molecule has 2 heterocycles. The number of rotatable bonds is 6. The summed E-state index contributed by atoms with van der Waals surface area (Å²) in [6.45, 7) is 0. The minimum atomic E-state index is -0.472. The minimum Gasteiger partial charge on any atom is -0.469 e. The van der Waals surface area contributed by atoms with E-state index in [0.29, 0.717) is 11.5 Å². The maximum absolute atomic E-state index is 12.6. The van der Waals surface area contributed by atoms with Gasteiger partial charge in [-0.15, -0.1) is 0 Å². The zero-order valence-corrected chi connectivity index (χ0v) is 12.8. The van der Waals surface area contributed by atoms with E-state index in [9.17, 15) is 9.59 Å². The van der Waals surface area contributed by atoms with Crippen molar-refractivity contribution in [3.8, 4) is 0 Å². The van der Waals surface area contributed by atoms with Crippen LogP contribution < -0.4 is 5.32 Å². The molecule has 0 radical (unpaired) electrons. The summed E-state index contributed by atoms with van der Waals surface area (Å²) < 4.78 is 10.2. The second-order valence-corrected chi connectivity index (χ2v) is 5.56. The molecule has 0 aromatic carbocycles. The Morgan fingerprint density at radius 3 is 2.74 bits per heavy atom. The van der Waals surface area contributed by atoms with Crippen molar-refractivity contribution in [1.29, 1.82) is 0 Å². The van der Waals surface area contributed by atoms with Crippen molar-refractivity contribution < 1.29 is 18.7 Å². The molecule has 0 aliphatic heterocycles. The topological polar surface area (TPSA) is 81.4 Å². The van der Waals surface area contributed by atoms with Crippen LogP contribution in [0.1, 0.15) is 52.9 Å². The first kappa shape index (κ1) is 15.3. The molecule has 6 heteroatoms. The van der Waals surface area contributed by atoms with Crippen molar-refractivity contribution in [1.82, 2.24) is 10.3 Å². The van der Waals surface area contributed by atoms with Gasteiger partial charge >= 0.3 is 5.97 Å². The fourth-order valence-corrected chi connectivity index (χ4v) is 2.50. The van der Waals surface area contributed by atoms with Crippen LogP contribution >= 0.6 is 0 Å². The summed E-state index contributed by atoms with van der Waals surface area (Å²) >= 11 is 0. The van der Waals surface area contributed by atoms with Gasteiger partial charge in [-0.1, -0.05) is 0 Å². The van der Waals surface area contributed by atoms with Crippen LogP contribution in [-0.2, 0) is 9.53 Å². The van der Waals surface area contributed by atoms with Gasteiger partial charge in [-0.25, -0.2) is 0 Å². The summed E-state index contributed by atoms with van der Waals surface area (Å²) in [5.74, 6) is 0.438. The number of carbonyl (C=O) groups excluding carboxylic acids is 2. The number of hydrogen-bond donors (Lipinski definition) is 1. The summed E-state index contributed by atoms with van der Waals surface area (Å²) in [4.78, 5) is 28.2. The number of carbonyl (C=O) groups is 2. The van der Waals surface area contributed by atoms with Crippen molar-refractivity contribution in [3.63, 3.8) is 0 Å². The number of pyridine rings is 1. The number of aromatic nitrogens is 1. The van der Waals surface area contributed by atoms with Gasteiger partial charge in [-0.3, -0.25) is 14.6 Å². The highest BCUT2D eigenvalue weighted by atomic mass is 16.5. The van der Waals surface area contributed by atoms with E-state index in [0.717, 1.165) is 24.2 Å². The number of nitrogens with zero attached hydrogens (tertiary/aromatic N) is 1. The Kier molecular flexibility index (Phi) is 4.41.